The number of aryl methyl sites for hydroxylation is 1. The second kappa shape index (κ2) is 5.08. The van der Waals surface area contributed by atoms with E-state index in [0.717, 1.165) is 19.3 Å². The molecule has 4 saturated carbocycles. The van der Waals surface area contributed by atoms with Crippen molar-refractivity contribution >= 4 is 5.91 Å². The molecular weight excluding hydrogens is 294 g/mol. The first-order valence-corrected chi connectivity index (χ1v) is 8.47. The zero-order chi connectivity index (χ0) is 16.2. The van der Waals surface area contributed by atoms with Crippen LogP contribution in [-0.2, 0) is 4.79 Å². The second-order valence-electron chi connectivity index (χ2n) is 7.89. The minimum atomic E-state index is -0.690. The first-order valence-electron chi connectivity index (χ1n) is 8.47. The molecule has 4 aliphatic carbocycles. The molecule has 1 heterocycles. The average Bonchev–Trinajstić information content (AvgIpc) is 2.41. The molecule has 4 aliphatic rings. The van der Waals surface area contributed by atoms with E-state index in [1.807, 2.05) is 0 Å². The summed E-state index contributed by atoms with van der Waals surface area (Å²) in [4.78, 5) is 30.1. The molecule has 0 saturated heterocycles. The lowest BCUT2D eigenvalue weighted by atomic mass is 9.48. The number of carbonyl (C=O) groups excluding carboxylic acids is 1. The molecule has 5 rings (SSSR count). The van der Waals surface area contributed by atoms with E-state index in [0.29, 0.717) is 23.4 Å². The summed E-state index contributed by atoms with van der Waals surface area (Å²) < 4.78 is 5.92. The van der Waals surface area contributed by atoms with Crippen molar-refractivity contribution in [1.82, 2.24) is 9.97 Å². The lowest BCUT2D eigenvalue weighted by Crippen LogP contribution is -2.57. The van der Waals surface area contributed by atoms with Gasteiger partial charge in [-0.25, -0.2) is 4.79 Å². The van der Waals surface area contributed by atoms with E-state index in [-0.39, 0.29) is 11.3 Å². The minimum Gasteiger partial charge on any atom is -0.463 e. The van der Waals surface area contributed by atoms with Gasteiger partial charge in [-0.05, 0) is 63.2 Å². The highest BCUT2D eigenvalue weighted by Gasteiger charge is 2.56. The van der Waals surface area contributed by atoms with E-state index in [2.05, 4.69) is 9.97 Å². The van der Waals surface area contributed by atoms with Crippen LogP contribution in [0.3, 0.4) is 0 Å². The van der Waals surface area contributed by atoms with Gasteiger partial charge in [-0.2, -0.15) is 4.98 Å². The molecule has 1 unspecified atom stereocenters. The number of carbonyl (C=O) groups is 1. The van der Waals surface area contributed by atoms with Crippen LogP contribution in [0.4, 0.5) is 0 Å². The number of amides is 1. The van der Waals surface area contributed by atoms with E-state index in [9.17, 15) is 9.59 Å². The van der Waals surface area contributed by atoms with E-state index >= 15 is 0 Å². The summed E-state index contributed by atoms with van der Waals surface area (Å²) in [5, 5.41) is 0. The maximum absolute atomic E-state index is 12.2. The van der Waals surface area contributed by atoms with Crippen molar-refractivity contribution in [3.05, 3.63) is 22.2 Å². The summed E-state index contributed by atoms with van der Waals surface area (Å²) in [6.45, 7) is 1.76. The molecule has 1 amide bonds. The third-order valence-electron chi connectivity index (χ3n) is 5.99. The van der Waals surface area contributed by atoms with Gasteiger partial charge in [0.1, 0.15) is 0 Å². The number of hydrogen-bond acceptors (Lipinski definition) is 4. The Morgan fingerprint density at radius 2 is 1.87 bits per heavy atom. The molecule has 1 aromatic heterocycles. The van der Waals surface area contributed by atoms with Gasteiger partial charge in [-0.15, -0.1) is 0 Å². The van der Waals surface area contributed by atoms with Crippen LogP contribution in [0.2, 0.25) is 0 Å². The fourth-order valence-corrected chi connectivity index (χ4v) is 5.71. The van der Waals surface area contributed by atoms with Crippen LogP contribution in [0.5, 0.6) is 5.88 Å². The summed E-state index contributed by atoms with van der Waals surface area (Å²) >= 11 is 0. The highest BCUT2D eigenvalue weighted by molar-refractivity contribution is 5.80. The maximum atomic E-state index is 12.2. The van der Waals surface area contributed by atoms with Gasteiger partial charge in [0, 0.05) is 17.2 Å². The first kappa shape index (κ1) is 14.7. The number of nitrogens with one attached hydrogen (secondary N) is 1. The lowest BCUT2D eigenvalue weighted by molar-refractivity contribution is -0.148. The van der Waals surface area contributed by atoms with E-state index in [1.165, 1.54) is 19.3 Å². The van der Waals surface area contributed by atoms with Gasteiger partial charge in [0.05, 0.1) is 0 Å². The van der Waals surface area contributed by atoms with Crippen LogP contribution in [0.25, 0.3) is 0 Å². The molecule has 4 bridgehead atoms. The predicted octanol–water partition coefficient (Wildman–Crippen LogP) is 1.53. The van der Waals surface area contributed by atoms with Crippen molar-refractivity contribution in [2.45, 2.75) is 51.6 Å². The summed E-state index contributed by atoms with van der Waals surface area (Å²) in [6, 6.07) is 1.65. The van der Waals surface area contributed by atoms with Crippen LogP contribution in [0.15, 0.2) is 10.9 Å². The predicted molar refractivity (Wildman–Crippen MR) is 83.8 cm³/mol. The number of nitrogens with zero attached hydrogens (tertiary/aromatic N) is 1. The highest BCUT2D eigenvalue weighted by Crippen LogP contribution is 2.61. The molecule has 3 N–H and O–H groups in total. The number of primary amides is 1. The largest absolute Gasteiger partial charge is 0.463 e. The van der Waals surface area contributed by atoms with Crippen molar-refractivity contribution in [3.8, 4) is 5.88 Å². The van der Waals surface area contributed by atoms with Crippen molar-refractivity contribution in [2.24, 2.45) is 28.9 Å². The smallest absolute Gasteiger partial charge is 0.348 e. The summed E-state index contributed by atoms with van der Waals surface area (Å²) in [5.41, 5.74) is 5.73. The molecule has 6 nitrogen and oxygen atoms in total. The Morgan fingerprint density at radius 1 is 1.30 bits per heavy atom. The average molecular weight is 317 g/mol. The molecule has 1 atom stereocenters. The normalized spacial score (nSPS) is 36.0. The van der Waals surface area contributed by atoms with Crippen LogP contribution >= 0.6 is 0 Å². The molecule has 0 spiro atoms. The number of aromatic amines is 1. The minimum absolute atomic E-state index is 0.168. The van der Waals surface area contributed by atoms with E-state index < -0.39 is 17.7 Å². The fraction of sp³-hybridized carbons (Fsp3) is 0.706. The van der Waals surface area contributed by atoms with Crippen molar-refractivity contribution in [2.75, 3.05) is 0 Å². The lowest BCUT2D eigenvalue weighted by Gasteiger charge is -2.58. The highest BCUT2D eigenvalue weighted by atomic mass is 16.5. The van der Waals surface area contributed by atoms with E-state index in [4.69, 9.17) is 10.5 Å². The Bertz CT molecular complexity index is 661. The number of ether oxygens (including phenoxy) is 1. The molecule has 1 aromatic rings. The maximum Gasteiger partial charge on any atom is 0.348 e. The monoisotopic (exact) mass is 317 g/mol. The van der Waals surface area contributed by atoms with Gasteiger partial charge in [0.15, 0.2) is 6.10 Å². The Kier molecular flexibility index (Phi) is 3.25. The van der Waals surface area contributed by atoms with Crippen LogP contribution < -0.4 is 16.2 Å². The molecule has 6 heteroatoms. The summed E-state index contributed by atoms with van der Waals surface area (Å²) in [7, 11) is 0. The number of rotatable bonds is 4. The van der Waals surface area contributed by atoms with Crippen LogP contribution in [0.1, 0.15) is 44.2 Å². The topological polar surface area (TPSA) is 98.1 Å². The fourth-order valence-electron chi connectivity index (χ4n) is 5.71. The standard InChI is InChI=1S/C17H23N3O3/c1-9-2-13(20-16(22)19-9)23-14(15(18)21)17-6-10-3-11(7-17)5-12(4-10)8-17/h2,10-12,14H,3-8H2,1H3,(H2,18,21)(H,19,20,22). The van der Waals surface area contributed by atoms with Crippen molar-refractivity contribution in [3.63, 3.8) is 0 Å². The van der Waals surface area contributed by atoms with Gasteiger partial charge in [0.25, 0.3) is 5.91 Å². The molecule has 0 aromatic carbocycles. The molecule has 0 aliphatic heterocycles. The summed E-state index contributed by atoms with van der Waals surface area (Å²) in [5.74, 6) is 1.85. The van der Waals surface area contributed by atoms with Crippen LogP contribution in [0, 0.1) is 30.1 Å². The number of hydrogen-bond donors (Lipinski definition) is 2. The second-order valence-corrected chi connectivity index (χ2v) is 7.89. The zero-order valence-corrected chi connectivity index (χ0v) is 13.4. The van der Waals surface area contributed by atoms with Crippen LogP contribution in [-0.4, -0.2) is 22.0 Å². The number of H-pyrrole nitrogens is 1. The SMILES string of the molecule is Cc1cc(OC(C(N)=O)C23CC4CC(CC(C4)C2)C3)nc(=O)[nH]1. The first-order chi connectivity index (χ1) is 10.9. The van der Waals surface area contributed by atoms with E-state index in [1.54, 1.807) is 13.0 Å². The Morgan fingerprint density at radius 3 is 2.35 bits per heavy atom. The van der Waals surface area contributed by atoms with Gasteiger partial charge in [-0.3, -0.25) is 4.79 Å². The van der Waals surface area contributed by atoms with Crippen molar-refractivity contribution in [1.29, 1.82) is 0 Å². The van der Waals surface area contributed by atoms with Gasteiger partial charge < -0.3 is 15.5 Å². The Hall–Kier alpha value is -1.85. The molecule has 0 radical (unpaired) electrons. The van der Waals surface area contributed by atoms with Gasteiger partial charge in [0.2, 0.25) is 5.88 Å². The Labute approximate surface area is 134 Å². The van der Waals surface area contributed by atoms with Gasteiger partial charge in [-0.1, -0.05) is 0 Å². The zero-order valence-electron chi connectivity index (χ0n) is 13.4. The molecule has 124 valence electrons. The Balaban J connectivity index is 1.66. The molecular formula is C17H23N3O3. The summed E-state index contributed by atoms with van der Waals surface area (Å²) in [6.07, 6.45) is 6.19. The molecule has 4 fully saturated rings. The molecule has 23 heavy (non-hydrogen) atoms. The van der Waals surface area contributed by atoms with Crippen molar-refractivity contribution < 1.29 is 9.53 Å². The number of aromatic nitrogens is 2. The van der Waals surface area contributed by atoms with Gasteiger partial charge >= 0.3 is 5.69 Å². The quantitative estimate of drug-likeness (QED) is 0.879. The third-order valence-corrected chi connectivity index (χ3v) is 5.99. The third kappa shape index (κ3) is 2.54. The number of nitrogens with two attached hydrogens (primary N) is 1.